The topological polar surface area (TPSA) is 26.3 Å². The minimum Gasteiger partial charge on any atom is -0.497 e. The Morgan fingerprint density at radius 3 is 2.71 bits per heavy atom. The molecule has 0 unspecified atom stereocenters. The van der Waals surface area contributed by atoms with Crippen LogP contribution in [-0.2, 0) is 0 Å². The lowest BCUT2D eigenvalue weighted by Crippen LogP contribution is -2.02. The minimum atomic E-state index is -0.423. The Hall–Kier alpha value is -1.38. The molecule has 2 nitrogen and oxygen atoms in total. The van der Waals surface area contributed by atoms with Gasteiger partial charge in [-0.05, 0) is 25.0 Å². The van der Waals surface area contributed by atoms with Crippen molar-refractivity contribution >= 4 is 5.78 Å². The third-order valence-electron chi connectivity index (χ3n) is 2.34. The number of carbonyl (C=O) groups is 1. The van der Waals surface area contributed by atoms with E-state index < -0.39 is 5.82 Å². The molecule has 0 bridgehead atoms. The summed E-state index contributed by atoms with van der Waals surface area (Å²) in [4.78, 5) is 11.6. The first-order chi connectivity index (χ1) is 6.70. The van der Waals surface area contributed by atoms with Crippen molar-refractivity contribution in [2.24, 2.45) is 5.92 Å². The lowest BCUT2D eigenvalue weighted by Gasteiger charge is -2.03. The monoisotopic (exact) mass is 194 g/mol. The van der Waals surface area contributed by atoms with Crippen LogP contribution in [0.1, 0.15) is 23.2 Å². The van der Waals surface area contributed by atoms with Crippen LogP contribution in [0, 0.1) is 11.7 Å². The van der Waals surface area contributed by atoms with Gasteiger partial charge in [-0.2, -0.15) is 0 Å². The summed E-state index contributed by atoms with van der Waals surface area (Å²) in [5.74, 6) is 0.117. The molecule has 0 heterocycles. The zero-order valence-electron chi connectivity index (χ0n) is 7.92. The Balaban J connectivity index is 2.31. The van der Waals surface area contributed by atoms with Crippen LogP contribution in [0.3, 0.4) is 0 Å². The minimum absolute atomic E-state index is 0.0304. The number of Topliss-reactive ketones (excluding diaryl/α,β-unsaturated/α-hetero) is 1. The van der Waals surface area contributed by atoms with Gasteiger partial charge in [-0.3, -0.25) is 4.79 Å². The molecule has 1 saturated carbocycles. The van der Waals surface area contributed by atoms with Gasteiger partial charge in [0.2, 0.25) is 0 Å². The zero-order chi connectivity index (χ0) is 10.1. The Morgan fingerprint density at radius 2 is 2.14 bits per heavy atom. The molecule has 1 aliphatic rings. The van der Waals surface area contributed by atoms with Gasteiger partial charge < -0.3 is 4.74 Å². The quantitative estimate of drug-likeness (QED) is 0.691. The van der Waals surface area contributed by atoms with Gasteiger partial charge in [0, 0.05) is 17.5 Å². The predicted molar refractivity (Wildman–Crippen MR) is 50.0 cm³/mol. The Labute approximate surface area is 81.7 Å². The van der Waals surface area contributed by atoms with E-state index >= 15 is 0 Å². The molecule has 14 heavy (non-hydrogen) atoms. The molecule has 0 amide bonds. The summed E-state index contributed by atoms with van der Waals surface area (Å²) in [5, 5.41) is 0. The van der Waals surface area contributed by atoms with Gasteiger partial charge in [-0.15, -0.1) is 0 Å². The number of ketones is 1. The molecule has 2 rings (SSSR count). The molecule has 1 aromatic rings. The molecule has 74 valence electrons. The van der Waals surface area contributed by atoms with Crippen molar-refractivity contribution in [1.29, 1.82) is 0 Å². The molecule has 0 radical (unpaired) electrons. The fourth-order valence-corrected chi connectivity index (χ4v) is 1.40. The zero-order valence-corrected chi connectivity index (χ0v) is 7.92. The molecular weight excluding hydrogens is 183 g/mol. The number of methoxy groups -OCH3 is 1. The highest BCUT2D eigenvalue weighted by Gasteiger charge is 2.30. The molecule has 0 aliphatic heterocycles. The maximum Gasteiger partial charge on any atom is 0.166 e. The molecule has 0 N–H and O–H groups in total. The molecule has 1 aliphatic carbocycles. The molecule has 0 spiro atoms. The number of hydrogen-bond acceptors (Lipinski definition) is 2. The van der Waals surface area contributed by atoms with Crippen molar-refractivity contribution in [1.82, 2.24) is 0 Å². The Morgan fingerprint density at radius 1 is 1.43 bits per heavy atom. The van der Waals surface area contributed by atoms with Crippen LogP contribution in [0.25, 0.3) is 0 Å². The average Bonchev–Trinajstić information content (AvgIpc) is 2.99. The SMILES string of the molecule is COc1cc(F)cc(C(=O)C2CC2)c1. The summed E-state index contributed by atoms with van der Waals surface area (Å²) in [5.41, 5.74) is 0.421. The lowest BCUT2D eigenvalue weighted by atomic mass is 10.1. The highest BCUT2D eigenvalue weighted by molar-refractivity contribution is 5.99. The van der Waals surface area contributed by atoms with Crippen molar-refractivity contribution < 1.29 is 13.9 Å². The first-order valence-corrected chi connectivity index (χ1v) is 4.59. The lowest BCUT2D eigenvalue weighted by molar-refractivity contribution is 0.0967. The third kappa shape index (κ3) is 1.76. The molecular formula is C11H11FO2. The van der Waals surface area contributed by atoms with Gasteiger partial charge in [-0.1, -0.05) is 0 Å². The number of ether oxygens (including phenoxy) is 1. The second-order valence-electron chi connectivity index (χ2n) is 3.52. The van der Waals surface area contributed by atoms with Crippen molar-refractivity contribution in [3.63, 3.8) is 0 Å². The largest absolute Gasteiger partial charge is 0.497 e. The van der Waals surface area contributed by atoms with E-state index in [9.17, 15) is 9.18 Å². The van der Waals surface area contributed by atoms with Crippen LogP contribution in [0.5, 0.6) is 5.75 Å². The van der Waals surface area contributed by atoms with Gasteiger partial charge in [0.1, 0.15) is 11.6 Å². The molecule has 3 heteroatoms. The maximum absolute atomic E-state index is 13.0. The normalized spacial score (nSPS) is 15.3. The van der Waals surface area contributed by atoms with E-state index in [1.807, 2.05) is 0 Å². The summed E-state index contributed by atoms with van der Waals surface area (Å²) in [6, 6.07) is 4.12. The second-order valence-corrected chi connectivity index (χ2v) is 3.52. The number of hydrogen-bond donors (Lipinski definition) is 0. The van der Waals surface area contributed by atoms with Crippen LogP contribution in [-0.4, -0.2) is 12.9 Å². The van der Waals surface area contributed by atoms with Crippen LogP contribution >= 0.6 is 0 Å². The summed E-state index contributed by atoms with van der Waals surface area (Å²) in [7, 11) is 1.46. The maximum atomic E-state index is 13.0. The van der Waals surface area contributed by atoms with E-state index in [-0.39, 0.29) is 11.7 Å². The highest BCUT2D eigenvalue weighted by atomic mass is 19.1. The van der Waals surface area contributed by atoms with Crippen molar-refractivity contribution in [2.75, 3.05) is 7.11 Å². The molecule has 0 saturated heterocycles. The second kappa shape index (κ2) is 3.40. The highest BCUT2D eigenvalue weighted by Crippen LogP contribution is 2.33. The predicted octanol–water partition coefficient (Wildman–Crippen LogP) is 2.43. The Bertz CT molecular complexity index is 370. The molecule has 1 fully saturated rings. The van der Waals surface area contributed by atoms with E-state index in [1.165, 1.54) is 19.2 Å². The first-order valence-electron chi connectivity index (χ1n) is 4.59. The van der Waals surface area contributed by atoms with Gasteiger partial charge in [0.05, 0.1) is 7.11 Å². The van der Waals surface area contributed by atoms with Gasteiger partial charge in [0.15, 0.2) is 5.78 Å². The van der Waals surface area contributed by atoms with Gasteiger partial charge >= 0.3 is 0 Å². The van der Waals surface area contributed by atoms with Gasteiger partial charge in [0.25, 0.3) is 0 Å². The molecule has 1 aromatic carbocycles. The van der Waals surface area contributed by atoms with Crippen LogP contribution < -0.4 is 4.74 Å². The number of rotatable bonds is 3. The number of halogens is 1. The van der Waals surface area contributed by atoms with E-state index in [0.29, 0.717) is 11.3 Å². The fourth-order valence-electron chi connectivity index (χ4n) is 1.40. The number of benzene rings is 1. The average molecular weight is 194 g/mol. The summed E-state index contributed by atoms with van der Waals surface area (Å²) in [6.07, 6.45) is 1.86. The van der Waals surface area contributed by atoms with E-state index in [1.54, 1.807) is 6.07 Å². The van der Waals surface area contributed by atoms with Crippen LogP contribution in [0.2, 0.25) is 0 Å². The standard InChI is InChI=1S/C11H11FO2/c1-14-10-5-8(4-9(12)6-10)11(13)7-2-3-7/h4-7H,2-3H2,1H3. The summed E-state index contributed by atoms with van der Waals surface area (Å²) < 4.78 is 17.9. The van der Waals surface area contributed by atoms with Gasteiger partial charge in [-0.25, -0.2) is 4.39 Å². The smallest absolute Gasteiger partial charge is 0.166 e. The number of carbonyl (C=O) groups excluding carboxylic acids is 1. The van der Waals surface area contributed by atoms with E-state index in [2.05, 4.69) is 0 Å². The summed E-state index contributed by atoms with van der Waals surface area (Å²) >= 11 is 0. The first kappa shape index (κ1) is 9.19. The summed E-state index contributed by atoms with van der Waals surface area (Å²) in [6.45, 7) is 0. The van der Waals surface area contributed by atoms with Crippen molar-refractivity contribution in [3.8, 4) is 5.75 Å². The van der Waals surface area contributed by atoms with Crippen molar-refractivity contribution in [2.45, 2.75) is 12.8 Å². The van der Waals surface area contributed by atoms with Crippen LogP contribution in [0.4, 0.5) is 4.39 Å². The molecule has 0 atom stereocenters. The Kier molecular flexibility index (Phi) is 2.23. The van der Waals surface area contributed by atoms with E-state index in [4.69, 9.17) is 4.74 Å². The van der Waals surface area contributed by atoms with Crippen LogP contribution in [0.15, 0.2) is 18.2 Å². The third-order valence-corrected chi connectivity index (χ3v) is 2.34. The van der Waals surface area contributed by atoms with Crippen molar-refractivity contribution in [3.05, 3.63) is 29.6 Å². The molecule has 0 aromatic heterocycles. The van der Waals surface area contributed by atoms with E-state index in [0.717, 1.165) is 12.8 Å². The fraction of sp³-hybridized carbons (Fsp3) is 0.364.